The second-order valence-corrected chi connectivity index (χ2v) is 4.66. The number of benzene rings is 1. The van der Waals surface area contributed by atoms with Crippen LogP contribution in [-0.2, 0) is 6.54 Å². The molecule has 0 bridgehead atoms. The van der Waals surface area contributed by atoms with Crippen molar-refractivity contribution < 1.29 is 13.6 Å². The van der Waals surface area contributed by atoms with E-state index in [2.05, 4.69) is 0 Å². The van der Waals surface area contributed by atoms with Gasteiger partial charge in [0, 0.05) is 30.4 Å². The normalized spacial score (nSPS) is 10.5. The second-order valence-electron chi connectivity index (χ2n) is 4.66. The zero-order chi connectivity index (χ0) is 14.0. The first-order valence-corrected chi connectivity index (χ1v) is 6.02. The largest absolute Gasteiger partial charge is 0.472 e. The maximum absolute atomic E-state index is 13.6. The lowest BCUT2D eigenvalue weighted by Crippen LogP contribution is -2.19. The molecule has 4 heteroatoms. The number of rotatable bonds is 4. The summed E-state index contributed by atoms with van der Waals surface area (Å²) in [4.78, 5) is 13.5. The molecule has 0 N–H and O–H groups in total. The molecule has 1 aromatic heterocycles. The van der Waals surface area contributed by atoms with Crippen LogP contribution in [0.5, 0.6) is 0 Å². The van der Waals surface area contributed by atoms with E-state index in [0.29, 0.717) is 17.7 Å². The summed E-state index contributed by atoms with van der Waals surface area (Å²) in [5.74, 6) is -0.501. The predicted octanol–water partition coefficient (Wildman–Crippen LogP) is 3.57. The maximum Gasteiger partial charge on any atom is 0.161 e. The molecule has 3 nitrogen and oxygen atoms in total. The van der Waals surface area contributed by atoms with E-state index in [1.807, 2.05) is 18.0 Å². The summed E-state index contributed by atoms with van der Waals surface area (Å²) >= 11 is 0. The number of hydrogen-bond acceptors (Lipinski definition) is 3. The van der Waals surface area contributed by atoms with Crippen LogP contribution in [0, 0.1) is 12.7 Å². The summed E-state index contributed by atoms with van der Waals surface area (Å²) in [6.07, 6.45) is 3.26. The van der Waals surface area contributed by atoms with Crippen molar-refractivity contribution in [3.63, 3.8) is 0 Å². The number of carbonyl (C=O) groups is 1. The van der Waals surface area contributed by atoms with Gasteiger partial charge in [-0.1, -0.05) is 0 Å². The predicted molar refractivity (Wildman–Crippen MR) is 72.0 cm³/mol. The Morgan fingerprint density at radius 2 is 2.16 bits per heavy atom. The molecular formula is C15H16FNO2. The Balaban J connectivity index is 2.37. The van der Waals surface area contributed by atoms with Crippen LogP contribution >= 0.6 is 0 Å². The Morgan fingerprint density at radius 3 is 2.74 bits per heavy atom. The number of ketones is 1. The zero-order valence-electron chi connectivity index (χ0n) is 11.2. The highest BCUT2D eigenvalue weighted by atomic mass is 19.1. The molecule has 1 heterocycles. The van der Waals surface area contributed by atoms with E-state index in [1.165, 1.54) is 13.0 Å². The van der Waals surface area contributed by atoms with Gasteiger partial charge in [-0.25, -0.2) is 4.39 Å². The highest BCUT2D eigenvalue weighted by Gasteiger charge is 2.15. The third-order valence-corrected chi connectivity index (χ3v) is 3.07. The first-order chi connectivity index (χ1) is 8.99. The lowest BCUT2D eigenvalue weighted by Gasteiger charge is -2.22. The van der Waals surface area contributed by atoms with Gasteiger partial charge < -0.3 is 9.32 Å². The lowest BCUT2D eigenvalue weighted by molar-refractivity contribution is 0.101. The van der Waals surface area contributed by atoms with Crippen LogP contribution in [0.2, 0.25) is 0 Å². The van der Waals surface area contributed by atoms with Crippen LogP contribution in [-0.4, -0.2) is 12.8 Å². The van der Waals surface area contributed by atoms with E-state index in [0.717, 1.165) is 11.3 Å². The minimum atomic E-state index is -0.356. The minimum absolute atomic E-state index is 0.145. The summed E-state index contributed by atoms with van der Waals surface area (Å²) in [6.45, 7) is 3.73. The van der Waals surface area contributed by atoms with E-state index >= 15 is 0 Å². The molecular weight excluding hydrogens is 245 g/mol. The van der Waals surface area contributed by atoms with E-state index in [-0.39, 0.29) is 11.6 Å². The second kappa shape index (κ2) is 5.26. The first-order valence-electron chi connectivity index (χ1n) is 6.02. The molecule has 2 aromatic rings. The number of nitrogens with zero attached hydrogens (tertiary/aromatic N) is 1. The van der Waals surface area contributed by atoms with Crippen molar-refractivity contribution in [3.05, 3.63) is 53.2 Å². The molecule has 2 rings (SSSR count). The standard InChI is InChI=1S/C15H16FNO2/c1-10-6-15(13(11(2)18)7-14(10)16)17(3)8-12-4-5-19-9-12/h4-7,9H,8H2,1-3H3. The van der Waals surface area contributed by atoms with Gasteiger partial charge in [-0.2, -0.15) is 0 Å². The van der Waals surface area contributed by atoms with Crippen molar-refractivity contribution in [2.24, 2.45) is 0 Å². The number of hydrogen-bond donors (Lipinski definition) is 0. The molecule has 19 heavy (non-hydrogen) atoms. The summed E-state index contributed by atoms with van der Waals surface area (Å²) < 4.78 is 18.6. The van der Waals surface area contributed by atoms with Crippen molar-refractivity contribution >= 4 is 11.5 Å². The van der Waals surface area contributed by atoms with Gasteiger partial charge in [-0.15, -0.1) is 0 Å². The molecule has 0 saturated heterocycles. The number of halogens is 1. The average Bonchev–Trinajstić information content (AvgIpc) is 2.84. The van der Waals surface area contributed by atoms with Crippen LogP contribution in [0.15, 0.2) is 35.1 Å². The number of furan rings is 1. The molecule has 0 atom stereocenters. The highest BCUT2D eigenvalue weighted by Crippen LogP contribution is 2.25. The van der Waals surface area contributed by atoms with E-state index in [1.54, 1.807) is 25.5 Å². The monoisotopic (exact) mass is 261 g/mol. The quantitative estimate of drug-likeness (QED) is 0.789. The zero-order valence-corrected chi connectivity index (χ0v) is 11.2. The summed E-state index contributed by atoms with van der Waals surface area (Å²) in [5.41, 5.74) is 2.65. The van der Waals surface area contributed by atoms with E-state index in [4.69, 9.17) is 4.42 Å². The average molecular weight is 261 g/mol. The molecule has 0 amide bonds. The van der Waals surface area contributed by atoms with Gasteiger partial charge in [-0.05, 0) is 37.6 Å². The van der Waals surface area contributed by atoms with E-state index in [9.17, 15) is 9.18 Å². The lowest BCUT2D eigenvalue weighted by atomic mass is 10.0. The third-order valence-electron chi connectivity index (χ3n) is 3.07. The van der Waals surface area contributed by atoms with Gasteiger partial charge in [0.2, 0.25) is 0 Å². The smallest absolute Gasteiger partial charge is 0.161 e. The molecule has 0 radical (unpaired) electrons. The Kier molecular flexibility index (Phi) is 3.69. The molecule has 100 valence electrons. The molecule has 0 aliphatic heterocycles. The van der Waals surface area contributed by atoms with Crippen LogP contribution in [0.25, 0.3) is 0 Å². The Morgan fingerprint density at radius 1 is 1.42 bits per heavy atom. The van der Waals surface area contributed by atoms with Gasteiger partial charge in [0.05, 0.1) is 12.5 Å². The fraction of sp³-hybridized carbons (Fsp3) is 0.267. The summed E-state index contributed by atoms with van der Waals surface area (Å²) in [7, 11) is 1.87. The number of aryl methyl sites for hydroxylation is 1. The van der Waals surface area contributed by atoms with Crippen molar-refractivity contribution in [1.82, 2.24) is 0 Å². The van der Waals surface area contributed by atoms with Gasteiger partial charge in [-0.3, -0.25) is 4.79 Å². The fourth-order valence-electron chi connectivity index (χ4n) is 2.01. The number of carbonyl (C=O) groups excluding carboxylic acids is 1. The maximum atomic E-state index is 13.6. The first kappa shape index (κ1) is 13.3. The van der Waals surface area contributed by atoms with Gasteiger partial charge >= 0.3 is 0 Å². The van der Waals surface area contributed by atoms with Crippen LogP contribution in [0.4, 0.5) is 10.1 Å². The van der Waals surface area contributed by atoms with Crippen LogP contribution < -0.4 is 4.90 Å². The topological polar surface area (TPSA) is 33.5 Å². The molecule has 0 aliphatic rings. The summed E-state index contributed by atoms with van der Waals surface area (Å²) in [5, 5.41) is 0. The van der Waals surface area contributed by atoms with E-state index < -0.39 is 0 Å². The summed E-state index contributed by atoms with van der Waals surface area (Å²) in [6, 6.07) is 4.87. The van der Waals surface area contributed by atoms with Crippen molar-refractivity contribution in [2.75, 3.05) is 11.9 Å². The van der Waals surface area contributed by atoms with Crippen molar-refractivity contribution in [1.29, 1.82) is 0 Å². The molecule has 0 spiro atoms. The SMILES string of the molecule is CC(=O)c1cc(F)c(C)cc1N(C)Cc1ccoc1. The molecule has 0 fully saturated rings. The molecule has 1 aromatic carbocycles. The number of Topliss-reactive ketones (excluding diaryl/α,β-unsaturated/α-hetero) is 1. The Bertz CT molecular complexity index is 590. The minimum Gasteiger partial charge on any atom is -0.472 e. The Labute approximate surface area is 111 Å². The molecule has 0 unspecified atom stereocenters. The van der Waals surface area contributed by atoms with Crippen LogP contribution in [0.3, 0.4) is 0 Å². The van der Waals surface area contributed by atoms with Crippen molar-refractivity contribution in [2.45, 2.75) is 20.4 Å². The van der Waals surface area contributed by atoms with Gasteiger partial charge in [0.25, 0.3) is 0 Å². The highest BCUT2D eigenvalue weighted by molar-refractivity contribution is 5.99. The number of anilines is 1. The van der Waals surface area contributed by atoms with Crippen molar-refractivity contribution in [3.8, 4) is 0 Å². The fourth-order valence-corrected chi connectivity index (χ4v) is 2.01. The third kappa shape index (κ3) is 2.84. The van der Waals surface area contributed by atoms with Crippen LogP contribution in [0.1, 0.15) is 28.4 Å². The van der Waals surface area contributed by atoms with Gasteiger partial charge in [0.1, 0.15) is 5.82 Å². The molecule has 0 aliphatic carbocycles. The molecule has 0 saturated carbocycles. The Hall–Kier alpha value is -2.10. The van der Waals surface area contributed by atoms with Gasteiger partial charge in [0.15, 0.2) is 5.78 Å².